The van der Waals surface area contributed by atoms with Crippen molar-refractivity contribution in [1.82, 2.24) is 9.88 Å². The second-order valence-electron chi connectivity index (χ2n) is 7.65. The molecule has 2 nitrogen and oxygen atoms in total. The van der Waals surface area contributed by atoms with Gasteiger partial charge in [-0.2, -0.15) is 0 Å². The molecule has 5 rings (SSSR count). The van der Waals surface area contributed by atoms with Crippen molar-refractivity contribution in [2.45, 2.75) is 32.2 Å². The van der Waals surface area contributed by atoms with Gasteiger partial charge in [-0.3, -0.25) is 4.90 Å². The second-order valence-corrected chi connectivity index (χ2v) is 8.82. The summed E-state index contributed by atoms with van der Waals surface area (Å²) in [5, 5.41) is 1.34. The van der Waals surface area contributed by atoms with E-state index in [0.29, 0.717) is 6.04 Å². The lowest BCUT2D eigenvalue weighted by molar-refractivity contribution is 0.252. The molecule has 0 saturated carbocycles. The lowest BCUT2D eigenvalue weighted by atomic mass is 10.1. The number of thiazole rings is 1. The first-order chi connectivity index (χ1) is 12.8. The first kappa shape index (κ1) is 21.3. The van der Waals surface area contributed by atoms with Crippen LogP contribution in [0, 0.1) is 5.92 Å². The lowest BCUT2D eigenvalue weighted by Crippen LogP contribution is -2.24. The van der Waals surface area contributed by atoms with Crippen molar-refractivity contribution in [3.8, 4) is 11.3 Å². The third kappa shape index (κ3) is 3.99. The molecule has 148 valence electrons. The summed E-state index contributed by atoms with van der Waals surface area (Å²) in [6, 6.07) is 20.1. The van der Waals surface area contributed by atoms with Crippen LogP contribution in [0.4, 0.5) is 0 Å². The van der Waals surface area contributed by atoms with Gasteiger partial charge in [-0.1, -0.05) is 54.6 Å². The van der Waals surface area contributed by atoms with Crippen molar-refractivity contribution >= 4 is 36.2 Å². The lowest BCUT2D eigenvalue weighted by Gasteiger charge is -2.24. The van der Waals surface area contributed by atoms with Crippen LogP contribution in [0.15, 0.2) is 54.6 Å². The molecule has 28 heavy (non-hydrogen) atoms. The molecule has 1 aromatic heterocycles. The average Bonchev–Trinajstić information content (AvgIpc) is 3.37. The maximum Gasteiger partial charge on any atom is 0.0938 e. The summed E-state index contributed by atoms with van der Waals surface area (Å²) in [5.41, 5.74) is 5.48. The van der Waals surface area contributed by atoms with Gasteiger partial charge in [-0.15, -0.1) is 36.2 Å². The zero-order chi connectivity index (χ0) is 17.5. The fourth-order valence-corrected chi connectivity index (χ4v) is 5.69. The molecule has 0 unspecified atom stereocenters. The van der Waals surface area contributed by atoms with Crippen LogP contribution in [0.1, 0.15) is 40.4 Å². The highest BCUT2D eigenvalue weighted by Gasteiger charge is 2.29. The fourth-order valence-electron chi connectivity index (χ4n) is 4.47. The second kappa shape index (κ2) is 8.96. The Morgan fingerprint density at radius 1 is 1.07 bits per heavy atom. The van der Waals surface area contributed by atoms with Crippen molar-refractivity contribution in [3.63, 3.8) is 0 Å². The SMILES string of the molecule is C[C@H](c1ccccc1)N1CC[C@@H](Cc2nc3c(s2)Cc2ccccc2-3)C1.Cl.Cl. The Balaban J connectivity index is 0.00000112. The van der Waals surface area contributed by atoms with E-state index in [1.165, 1.54) is 51.8 Å². The third-order valence-corrected chi connectivity index (χ3v) is 7.05. The molecule has 1 aliphatic heterocycles. The molecule has 0 spiro atoms. The van der Waals surface area contributed by atoms with E-state index in [1.54, 1.807) is 0 Å². The summed E-state index contributed by atoms with van der Waals surface area (Å²) in [6.07, 6.45) is 3.50. The van der Waals surface area contributed by atoms with E-state index in [4.69, 9.17) is 4.98 Å². The van der Waals surface area contributed by atoms with Gasteiger partial charge < -0.3 is 0 Å². The van der Waals surface area contributed by atoms with Gasteiger partial charge in [0.1, 0.15) is 0 Å². The summed E-state index contributed by atoms with van der Waals surface area (Å²) >= 11 is 1.94. The molecule has 0 radical (unpaired) electrons. The molecule has 0 N–H and O–H groups in total. The maximum atomic E-state index is 5.02. The number of hydrogen-bond acceptors (Lipinski definition) is 3. The number of benzene rings is 2. The fraction of sp³-hybridized carbons (Fsp3) is 0.348. The minimum atomic E-state index is 0. The van der Waals surface area contributed by atoms with E-state index in [9.17, 15) is 0 Å². The van der Waals surface area contributed by atoms with E-state index in [0.717, 1.165) is 18.8 Å². The molecular formula is C23H26Cl2N2S. The Labute approximate surface area is 183 Å². The number of aromatic nitrogens is 1. The van der Waals surface area contributed by atoms with E-state index in [2.05, 4.69) is 66.4 Å². The molecule has 0 amide bonds. The van der Waals surface area contributed by atoms with Gasteiger partial charge in [0, 0.05) is 35.9 Å². The molecule has 3 aromatic rings. The summed E-state index contributed by atoms with van der Waals surface area (Å²) < 4.78 is 0. The first-order valence-electron chi connectivity index (χ1n) is 9.64. The van der Waals surface area contributed by atoms with E-state index >= 15 is 0 Å². The first-order valence-corrected chi connectivity index (χ1v) is 10.5. The molecule has 2 heterocycles. The third-order valence-electron chi connectivity index (χ3n) is 5.98. The number of nitrogens with zero attached hydrogens (tertiary/aromatic N) is 2. The molecule has 1 saturated heterocycles. The Bertz CT molecular complexity index is 925. The van der Waals surface area contributed by atoms with Gasteiger partial charge >= 0.3 is 0 Å². The number of likely N-dealkylation sites (tertiary alicyclic amines) is 1. The molecule has 0 bridgehead atoms. The van der Waals surface area contributed by atoms with Crippen LogP contribution in [-0.4, -0.2) is 23.0 Å². The van der Waals surface area contributed by atoms with Gasteiger partial charge in [0.15, 0.2) is 0 Å². The van der Waals surface area contributed by atoms with Gasteiger partial charge in [-0.05, 0) is 36.9 Å². The average molecular weight is 433 g/mol. The van der Waals surface area contributed by atoms with Crippen LogP contribution in [0.3, 0.4) is 0 Å². The molecular weight excluding hydrogens is 407 g/mol. The summed E-state index contributed by atoms with van der Waals surface area (Å²) in [5.74, 6) is 0.739. The van der Waals surface area contributed by atoms with E-state index in [-0.39, 0.29) is 24.8 Å². The molecule has 2 aliphatic rings. The predicted molar refractivity (Wildman–Crippen MR) is 123 cm³/mol. The Kier molecular flexibility index (Phi) is 6.82. The minimum absolute atomic E-state index is 0. The van der Waals surface area contributed by atoms with Crippen LogP contribution in [0.25, 0.3) is 11.3 Å². The van der Waals surface area contributed by atoms with Gasteiger partial charge in [-0.25, -0.2) is 4.98 Å². The quantitative estimate of drug-likeness (QED) is 0.382. The van der Waals surface area contributed by atoms with Crippen molar-refractivity contribution in [3.05, 3.63) is 75.6 Å². The Morgan fingerprint density at radius 3 is 2.64 bits per heavy atom. The molecule has 2 aromatic carbocycles. The Morgan fingerprint density at radius 2 is 1.82 bits per heavy atom. The van der Waals surface area contributed by atoms with Crippen LogP contribution in [0.5, 0.6) is 0 Å². The normalized spacial score (nSPS) is 18.7. The van der Waals surface area contributed by atoms with Crippen molar-refractivity contribution in [2.24, 2.45) is 5.92 Å². The number of fused-ring (bicyclic) bond motifs is 3. The molecule has 1 fully saturated rings. The van der Waals surface area contributed by atoms with Gasteiger partial charge in [0.05, 0.1) is 10.7 Å². The van der Waals surface area contributed by atoms with Crippen molar-refractivity contribution in [2.75, 3.05) is 13.1 Å². The zero-order valence-corrected chi connectivity index (χ0v) is 18.5. The summed E-state index contributed by atoms with van der Waals surface area (Å²) in [6.45, 7) is 4.73. The predicted octanol–water partition coefficient (Wildman–Crippen LogP) is 6.18. The van der Waals surface area contributed by atoms with Crippen molar-refractivity contribution in [1.29, 1.82) is 0 Å². The highest BCUT2D eigenvalue weighted by Crippen LogP contribution is 2.40. The zero-order valence-electron chi connectivity index (χ0n) is 16.0. The largest absolute Gasteiger partial charge is 0.296 e. The molecule has 5 heteroatoms. The summed E-state index contributed by atoms with van der Waals surface area (Å²) in [7, 11) is 0. The van der Waals surface area contributed by atoms with Crippen LogP contribution < -0.4 is 0 Å². The summed E-state index contributed by atoms with van der Waals surface area (Å²) in [4.78, 5) is 9.13. The highest BCUT2D eigenvalue weighted by atomic mass is 35.5. The van der Waals surface area contributed by atoms with E-state index < -0.39 is 0 Å². The maximum absolute atomic E-state index is 5.02. The van der Waals surface area contributed by atoms with E-state index in [1.807, 2.05) is 11.3 Å². The topological polar surface area (TPSA) is 16.1 Å². The van der Waals surface area contributed by atoms with Crippen LogP contribution in [0.2, 0.25) is 0 Å². The minimum Gasteiger partial charge on any atom is -0.296 e. The highest BCUT2D eigenvalue weighted by molar-refractivity contribution is 7.12. The van der Waals surface area contributed by atoms with Gasteiger partial charge in [0.2, 0.25) is 0 Å². The monoisotopic (exact) mass is 432 g/mol. The van der Waals surface area contributed by atoms with Gasteiger partial charge in [0.25, 0.3) is 0 Å². The number of hydrogen-bond donors (Lipinski definition) is 0. The number of rotatable bonds is 4. The van der Waals surface area contributed by atoms with Crippen LogP contribution in [-0.2, 0) is 12.8 Å². The van der Waals surface area contributed by atoms with Crippen molar-refractivity contribution < 1.29 is 0 Å². The smallest absolute Gasteiger partial charge is 0.0938 e. The standard InChI is InChI=1S/C23H24N2S.2ClH/c1-16(18-7-3-2-4-8-18)25-12-11-17(15-25)13-22-24-23-20-10-6-5-9-19(20)14-21(23)26-22;;/h2-10,16-17H,11-15H2,1H3;2*1H/t16-,17+;;/m1../s1. The molecule has 1 aliphatic carbocycles. The Hall–Kier alpha value is -1.39. The number of halogens is 2. The van der Waals surface area contributed by atoms with Crippen LogP contribution >= 0.6 is 36.2 Å². The molecule has 2 atom stereocenters.